The molecule has 6 heteroatoms. The quantitative estimate of drug-likeness (QED) is 0.857. The van der Waals surface area contributed by atoms with Crippen molar-refractivity contribution in [3.05, 3.63) is 34.7 Å². The molecule has 0 spiro atoms. The summed E-state index contributed by atoms with van der Waals surface area (Å²) in [5, 5.41) is 2.02. The summed E-state index contributed by atoms with van der Waals surface area (Å²) < 4.78 is 0. The zero-order valence-electron chi connectivity index (χ0n) is 9.00. The van der Waals surface area contributed by atoms with Gasteiger partial charge in [-0.05, 0) is 0 Å². The van der Waals surface area contributed by atoms with Crippen molar-refractivity contribution in [3.63, 3.8) is 0 Å². The lowest BCUT2D eigenvalue weighted by molar-refractivity contribution is 0.849. The van der Waals surface area contributed by atoms with E-state index in [-0.39, 0.29) is 0 Å². The minimum absolute atomic E-state index is 0.408. The molecule has 2 N–H and O–H groups in total. The molecule has 0 saturated carbocycles. The van der Waals surface area contributed by atoms with Crippen LogP contribution in [0, 0.1) is 0 Å². The van der Waals surface area contributed by atoms with Gasteiger partial charge in [0.05, 0.1) is 29.6 Å². The lowest BCUT2D eigenvalue weighted by Crippen LogP contribution is -2.19. The maximum atomic E-state index is 5.52. The molecule has 2 aromatic rings. The molecule has 84 valence electrons. The first kappa shape index (κ1) is 11.0. The SMILES string of the molecule is CN(Cc1cscn1)c1cncc(CN)n1. The van der Waals surface area contributed by atoms with Gasteiger partial charge in [0.2, 0.25) is 0 Å². The van der Waals surface area contributed by atoms with Gasteiger partial charge >= 0.3 is 0 Å². The van der Waals surface area contributed by atoms with Crippen LogP contribution in [0.4, 0.5) is 5.82 Å². The second kappa shape index (κ2) is 5.00. The van der Waals surface area contributed by atoms with Crippen molar-refractivity contribution in [2.45, 2.75) is 13.1 Å². The highest BCUT2D eigenvalue weighted by atomic mass is 32.1. The monoisotopic (exact) mass is 235 g/mol. The van der Waals surface area contributed by atoms with Crippen molar-refractivity contribution in [2.24, 2.45) is 5.73 Å². The molecule has 0 fully saturated rings. The van der Waals surface area contributed by atoms with E-state index in [4.69, 9.17) is 5.73 Å². The topological polar surface area (TPSA) is 67.9 Å². The Morgan fingerprint density at radius 2 is 2.25 bits per heavy atom. The molecule has 0 aliphatic rings. The highest BCUT2D eigenvalue weighted by Gasteiger charge is 2.05. The molecule has 0 atom stereocenters. The molecular formula is C10H13N5S. The van der Waals surface area contributed by atoms with E-state index in [1.807, 2.05) is 22.8 Å². The van der Waals surface area contributed by atoms with Crippen LogP contribution in [0.25, 0.3) is 0 Å². The number of rotatable bonds is 4. The van der Waals surface area contributed by atoms with Crippen molar-refractivity contribution < 1.29 is 0 Å². The molecule has 2 rings (SSSR count). The van der Waals surface area contributed by atoms with E-state index in [1.165, 1.54) is 0 Å². The number of hydrogen-bond donors (Lipinski definition) is 1. The Hall–Kier alpha value is -1.53. The highest BCUT2D eigenvalue weighted by molar-refractivity contribution is 7.07. The lowest BCUT2D eigenvalue weighted by atomic mass is 10.4. The van der Waals surface area contributed by atoms with Crippen LogP contribution in [-0.2, 0) is 13.1 Å². The molecule has 16 heavy (non-hydrogen) atoms. The molecule has 5 nitrogen and oxygen atoms in total. The van der Waals surface area contributed by atoms with Crippen molar-refractivity contribution in [3.8, 4) is 0 Å². The third-order valence-corrected chi connectivity index (χ3v) is 2.79. The molecular weight excluding hydrogens is 222 g/mol. The highest BCUT2D eigenvalue weighted by Crippen LogP contribution is 2.11. The standard InChI is InChI=1S/C10H13N5S/c1-15(5-9-6-16-7-13-9)10-4-12-3-8(2-11)14-10/h3-4,6-7H,2,5,11H2,1H3. The summed E-state index contributed by atoms with van der Waals surface area (Å²) in [7, 11) is 1.96. The second-order valence-electron chi connectivity index (χ2n) is 3.41. The van der Waals surface area contributed by atoms with E-state index in [0.29, 0.717) is 6.54 Å². The van der Waals surface area contributed by atoms with Gasteiger partial charge in [-0.15, -0.1) is 11.3 Å². The summed E-state index contributed by atoms with van der Waals surface area (Å²) >= 11 is 1.59. The average Bonchev–Trinajstić information content (AvgIpc) is 2.82. The van der Waals surface area contributed by atoms with Crippen LogP contribution in [-0.4, -0.2) is 22.0 Å². The molecule has 0 aliphatic carbocycles. The maximum Gasteiger partial charge on any atom is 0.147 e. The Morgan fingerprint density at radius 3 is 2.94 bits per heavy atom. The Morgan fingerprint density at radius 1 is 1.38 bits per heavy atom. The fourth-order valence-electron chi connectivity index (χ4n) is 1.32. The molecule has 0 unspecified atom stereocenters. The Balaban J connectivity index is 2.11. The normalized spacial score (nSPS) is 10.4. The van der Waals surface area contributed by atoms with E-state index in [2.05, 4.69) is 15.0 Å². The average molecular weight is 235 g/mol. The number of hydrogen-bond acceptors (Lipinski definition) is 6. The van der Waals surface area contributed by atoms with Crippen LogP contribution in [0.2, 0.25) is 0 Å². The number of aromatic nitrogens is 3. The summed E-state index contributed by atoms with van der Waals surface area (Å²) in [5.41, 5.74) is 9.18. The molecule has 2 aromatic heterocycles. The molecule has 0 aliphatic heterocycles. The van der Waals surface area contributed by atoms with Gasteiger partial charge in [-0.3, -0.25) is 4.98 Å². The third-order valence-electron chi connectivity index (χ3n) is 2.15. The lowest BCUT2D eigenvalue weighted by Gasteiger charge is -2.16. The zero-order valence-corrected chi connectivity index (χ0v) is 9.81. The molecule has 0 bridgehead atoms. The fourth-order valence-corrected chi connectivity index (χ4v) is 1.87. The Kier molecular flexibility index (Phi) is 3.43. The first-order chi connectivity index (χ1) is 7.79. The summed E-state index contributed by atoms with van der Waals surface area (Å²) in [6.07, 6.45) is 3.41. The van der Waals surface area contributed by atoms with Gasteiger partial charge < -0.3 is 10.6 Å². The fraction of sp³-hybridized carbons (Fsp3) is 0.300. The predicted octanol–water partition coefficient (Wildman–Crippen LogP) is 1.03. The van der Waals surface area contributed by atoms with Crippen molar-refractivity contribution in [1.82, 2.24) is 15.0 Å². The summed E-state index contributed by atoms with van der Waals surface area (Å²) in [4.78, 5) is 14.7. The number of thiazole rings is 1. The van der Waals surface area contributed by atoms with Gasteiger partial charge in [0.25, 0.3) is 0 Å². The van der Waals surface area contributed by atoms with E-state index < -0.39 is 0 Å². The second-order valence-corrected chi connectivity index (χ2v) is 4.13. The first-order valence-electron chi connectivity index (χ1n) is 4.89. The van der Waals surface area contributed by atoms with Crippen molar-refractivity contribution in [1.29, 1.82) is 0 Å². The first-order valence-corrected chi connectivity index (χ1v) is 5.83. The summed E-state index contributed by atoms with van der Waals surface area (Å²) in [6, 6.07) is 0. The summed E-state index contributed by atoms with van der Waals surface area (Å²) in [6.45, 7) is 1.14. The van der Waals surface area contributed by atoms with Crippen LogP contribution >= 0.6 is 11.3 Å². The van der Waals surface area contributed by atoms with Gasteiger partial charge in [-0.1, -0.05) is 0 Å². The molecule has 2 heterocycles. The minimum Gasteiger partial charge on any atom is -0.352 e. The smallest absolute Gasteiger partial charge is 0.147 e. The van der Waals surface area contributed by atoms with E-state index in [9.17, 15) is 0 Å². The largest absolute Gasteiger partial charge is 0.352 e. The van der Waals surface area contributed by atoms with Crippen LogP contribution in [0.15, 0.2) is 23.3 Å². The van der Waals surface area contributed by atoms with Crippen molar-refractivity contribution >= 4 is 17.2 Å². The van der Waals surface area contributed by atoms with E-state index >= 15 is 0 Å². The van der Waals surface area contributed by atoms with E-state index in [1.54, 1.807) is 23.7 Å². The van der Waals surface area contributed by atoms with Gasteiger partial charge in [-0.2, -0.15) is 0 Å². The Labute approximate surface area is 98.0 Å². The van der Waals surface area contributed by atoms with Crippen molar-refractivity contribution in [2.75, 3.05) is 11.9 Å². The predicted molar refractivity (Wildman–Crippen MR) is 64.1 cm³/mol. The van der Waals surface area contributed by atoms with Gasteiger partial charge in [0.15, 0.2) is 0 Å². The van der Waals surface area contributed by atoms with Gasteiger partial charge in [0.1, 0.15) is 5.82 Å². The van der Waals surface area contributed by atoms with Crippen LogP contribution < -0.4 is 10.6 Å². The molecule has 0 aromatic carbocycles. The minimum atomic E-state index is 0.408. The van der Waals surface area contributed by atoms with E-state index in [0.717, 1.165) is 23.8 Å². The third kappa shape index (κ3) is 2.53. The molecule has 0 radical (unpaired) electrons. The Bertz CT molecular complexity index is 442. The molecule has 0 amide bonds. The molecule has 0 saturated heterocycles. The summed E-state index contributed by atoms with van der Waals surface area (Å²) in [5.74, 6) is 0.816. The zero-order chi connectivity index (χ0) is 11.4. The number of nitrogens with two attached hydrogens (primary N) is 1. The van der Waals surface area contributed by atoms with Crippen LogP contribution in [0.1, 0.15) is 11.4 Å². The van der Waals surface area contributed by atoms with Gasteiger partial charge in [-0.25, -0.2) is 9.97 Å². The number of nitrogens with zero attached hydrogens (tertiary/aromatic N) is 4. The van der Waals surface area contributed by atoms with Gasteiger partial charge in [0, 0.05) is 25.2 Å². The van der Waals surface area contributed by atoms with Crippen LogP contribution in [0.3, 0.4) is 0 Å². The number of anilines is 1. The maximum absolute atomic E-state index is 5.52. The van der Waals surface area contributed by atoms with Crippen LogP contribution in [0.5, 0.6) is 0 Å².